The van der Waals surface area contributed by atoms with Gasteiger partial charge in [-0.3, -0.25) is 9.59 Å². The Bertz CT molecular complexity index is 1280. The van der Waals surface area contributed by atoms with E-state index >= 15 is 0 Å². The lowest BCUT2D eigenvalue weighted by Crippen LogP contribution is -2.47. The number of ether oxygens (including phenoxy) is 1. The molecule has 2 aliphatic rings. The number of benzene rings is 1. The molecule has 1 aromatic carbocycles. The van der Waals surface area contributed by atoms with Crippen molar-refractivity contribution in [1.82, 2.24) is 25.7 Å². The highest BCUT2D eigenvalue weighted by Gasteiger charge is 2.35. The number of likely N-dealkylation sites (tertiary alicyclic amines) is 1. The van der Waals surface area contributed by atoms with Gasteiger partial charge in [0.2, 0.25) is 11.8 Å². The minimum Gasteiger partial charge on any atom is -0.475 e. The highest BCUT2D eigenvalue weighted by atomic mass is 32.1. The molecule has 0 spiro atoms. The Morgan fingerprint density at radius 2 is 2.05 bits per heavy atom. The highest BCUT2D eigenvalue weighted by molar-refractivity contribution is 7.13. The van der Waals surface area contributed by atoms with Gasteiger partial charge < -0.3 is 24.8 Å². The van der Waals surface area contributed by atoms with Crippen LogP contribution in [0.3, 0.4) is 0 Å². The van der Waals surface area contributed by atoms with Crippen molar-refractivity contribution < 1.29 is 18.8 Å². The highest BCUT2D eigenvalue weighted by Crippen LogP contribution is 2.30. The van der Waals surface area contributed by atoms with E-state index in [0.717, 1.165) is 54.0 Å². The summed E-state index contributed by atoms with van der Waals surface area (Å²) in [4.78, 5) is 33.5. The second-order valence-corrected chi connectivity index (χ2v) is 11.9. The van der Waals surface area contributed by atoms with Crippen LogP contribution in [0.2, 0.25) is 0 Å². The van der Waals surface area contributed by atoms with Gasteiger partial charge in [-0.15, -0.1) is 11.3 Å². The molecule has 208 valence electrons. The fourth-order valence-corrected chi connectivity index (χ4v) is 6.16. The Labute approximate surface area is 233 Å². The van der Waals surface area contributed by atoms with Gasteiger partial charge in [0.05, 0.1) is 35.2 Å². The van der Waals surface area contributed by atoms with E-state index in [1.807, 2.05) is 31.5 Å². The van der Waals surface area contributed by atoms with Crippen LogP contribution in [0.5, 0.6) is 5.88 Å². The van der Waals surface area contributed by atoms with Crippen LogP contribution < -0.4 is 15.4 Å². The van der Waals surface area contributed by atoms with Crippen molar-refractivity contribution >= 4 is 23.2 Å². The summed E-state index contributed by atoms with van der Waals surface area (Å²) in [5.74, 6) is 0.574. The summed E-state index contributed by atoms with van der Waals surface area (Å²) in [6, 6.07) is 9.21. The second kappa shape index (κ2) is 11.9. The first-order valence-electron chi connectivity index (χ1n) is 13.7. The van der Waals surface area contributed by atoms with Gasteiger partial charge in [0.15, 0.2) is 0 Å². The summed E-state index contributed by atoms with van der Waals surface area (Å²) in [7, 11) is 0. The maximum atomic E-state index is 13.2. The lowest BCUT2D eigenvalue weighted by Gasteiger charge is -2.33. The molecule has 0 radical (unpaired) electrons. The molecule has 2 amide bonds. The minimum absolute atomic E-state index is 0.0509. The second-order valence-electron chi connectivity index (χ2n) is 11.0. The van der Waals surface area contributed by atoms with Crippen molar-refractivity contribution in [3.63, 3.8) is 0 Å². The van der Waals surface area contributed by atoms with E-state index in [-0.39, 0.29) is 29.7 Å². The molecule has 0 bridgehead atoms. The third kappa shape index (κ3) is 6.50. The summed E-state index contributed by atoms with van der Waals surface area (Å²) in [5, 5.41) is 10.5. The number of hydrogen-bond donors (Lipinski definition) is 2. The molecule has 9 nitrogen and oxygen atoms in total. The smallest absolute Gasteiger partial charge is 0.254 e. The Hall–Kier alpha value is -3.24. The number of carbonyl (C=O) groups excluding carboxylic acids is 2. The van der Waals surface area contributed by atoms with E-state index in [2.05, 4.69) is 39.8 Å². The average molecular weight is 552 g/mol. The third-order valence-corrected chi connectivity index (χ3v) is 8.87. The predicted octanol–water partition coefficient (Wildman–Crippen LogP) is 4.29. The van der Waals surface area contributed by atoms with Crippen LogP contribution >= 0.6 is 11.3 Å². The summed E-state index contributed by atoms with van der Waals surface area (Å²) in [6.45, 7) is 9.28. The molecular formula is C29H37N5O4S. The van der Waals surface area contributed by atoms with E-state index < -0.39 is 6.04 Å². The zero-order valence-corrected chi connectivity index (χ0v) is 23.7. The summed E-state index contributed by atoms with van der Waals surface area (Å²) in [6.07, 6.45) is 3.58. The fraction of sp³-hybridized carbons (Fsp3) is 0.517. The van der Waals surface area contributed by atoms with E-state index in [4.69, 9.17) is 9.26 Å². The number of aromatic nitrogens is 2. The van der Waals surface area contributed by atoms with Crippen LogP contribution in [0.15, 0.2) is 40.4 Å². The molecule has 2 aromatic heterocycles. The van der Waals surface area contributed by atoms with Crippen molar-refractivity contribution in [2.45, 2.75) is 65.0 Å². The fourth-order valence-electron chi connectivity index (χ4n) is 5.35. The lowest BCUT2D eigenvalue weighted by molar-refractivity contribution is -0.138. The predicted molar refractivity (Wildman–Crippen MR) is 149 cm³/mol. The minimum atomic E-state index is -0.488. The summed E-state index contributed by atoms with van der Waals surface area (Å²) >= 11 is 1.62. The molecular weight excluding hydrogens is 514 g/mol. The van der Waals surface area contributed by atoms with Gasteiger partial charge >= 0.3 is 0 Å². The van der Waals surface area contributed by atoms with Gasteiger partial charge in [0, 0.05) is 18.0 Å². The Morgan fingerprint density at radius 3 is 2.77 bits per heavy atom. The first kappa shape index (κ1) is 27.3. The van der Waals surface area contributed by atoms with Crippen LogP contribution in [-0.4, -0.2) is 59.1 Å². The van der Waals surface area contributed by atoms with Crippen molar-refractivity contribution in [3.8, 4) is 16.3 Å². The number of carbonyl (C=O) groups is 2. The Morgan fingerprint density at radius 1 is 1.28 bits per heavy atom. The molecule has 2 N–H and O–H groups in total. The molecule has 39 heavy (non-hydrogen) atoms. The quantitative estimate of drug-likeness (QED) is 0.408. The summed E-state index contributed by atoms with van der Waals surface area (Å²) in [5.41, 5.74) is 5.10. The van der Waals surface area contributed by atoms with E-state index in [1.54, 1.807) is 22.3 Å². The number of piperidine rings is 1. The maximum absolute atomic E-state index is 13.2. The third-order valence-electron chi connectivity index (χ3n) is 7.89. The van der Waals surface area contributed by atoms with Gasteiger partial charge in [-0.2, -0.15) is 0 Å². The largest absolute Gasteiger partial charge is 0.475 e. The van der Waals surface area contributed by atoms with Crippen LogP contribution in [-0.2, 0) is 16.0 Å². The Kier molecular flexibility index (Phi) is 8.32. The van der Waals surface area contributed by atoms with Gasteiger partial charge in [0.1, 0.15) is 11.8 Å². The van der Waals surface area contributed by atoms with Crippen LogP contribution in [0.1, 0.15) is 62.6 Å². The van der Waals surface area contributed by atoms with E-state index in [0.29, 0.717) is 31.2 Å². The van der Waals surface area contributed by atoms with E-state index in [9.17, 15) is 9.59 Å². The number of aryl methyl sites for hydroxylation is 1. The molecule has 2 saturated heterocycles. The first-order valence-corrected chi connectivity index (χ1v) is 14.6. The van der Waals surface area contributed by atoms with Crippen molar-refractivity contribution in [2.24, 2.45) is 5.41 Å². The molecule has 3 aromatic rings. The maximum Gasteiger partial charge on any atom is 0.254 e. The number of rotatable bonds is 9. The van der Waals surface area contributed by atoms with Gasteiger partial charge in [0.25, 0.3) is 5.88 Å². The zero-order valence-electron chi connectivity index (χ0n) is 22.9. The molecule has 2 aliphatic heterocycles. The van der Waals surface area contributed by atoms with Crippen molar-refractivity contribution in [1.29, 1.82) is 0 Å². The monoisotopic (exact) mass is 551 g/mol. The van der Waals surface area contributed by atoms with Crippen LogP contribution in [0.25, 0.3) is 10.4 Å². The van der Waals surface area contributed by atoms with Crippen LogP contribution in [0, 0.1) is 12.3 Å². The molecule has 2 atom stereocenters. The summed E-state index contributed by atoms with van der Waals surface area (Å²) < 4.78 is 11.3. The molecule has 4 heterocycles. The molecule has 10 heteroatoms. The molecule has 2 fully saturated rings. The van der Waals surface area contributed by atoms with Crippen molar-refractivity contribution in [2.75, 3.05) is 26.2 Å². The zero-order chi connectivity index (χ0) is 27.4. The van der Waals surface area contributed by atoms with Gasteiger partial charge in [-0.1, -0.05) is 31.2 Å². The standard InChI is InChI=1S/C29H37N5O4S/c1-19(21-6-8-22(9-7-21)27-20(2)31-18-39-27)32-28(36)24-5-4-14-34(24)26(35)16-23-15-25(33-38-23)37-17-29(3)10-12-30-13-11-29/h6-9,15,18-19,24,30H,4-5,10-14,16-17H2,1-3H3,(H,32,36). The van der Waals surface area contributed by atoms with Gasteiger partial charge in [-0.25, -0.2) is 4.98 Å². The normalized spacial score (nSPS) is 19.6. The number of hydrogen-bond acceptors (Lipinski definition) is 8. The van der Waals surface area contributed by atoms with Crippen LogP contribution in [0.4, 0.5) is 0 Å². The average Bonchev–Trinajstić information content (AvgIpc) is 3.69. The SMILES string of the molecule is Cc1ncsc1-c1ccc(C(C)NC(=O)C2CCCN2C(=O)Cc2cc(OCC3(C)CCNCC3)no2)cc1. The number of nitrogens with one attached hydrogen (secondary N) is 2. The topological polar surface area (TPSA) is 110 Å². The molecule has 0 aliphatic carbocycles. The lowest BCUT2D eigenvalue weighted by atomic mass is 9.82. The molecule has 0 saturated carbocycles. The number of amides is 2. The molecule has 5 rings (SSSR count). The van der Waals surface area contributed by atoms with E-state index in [1.165, 1.54) is 0 Å². The number of nitrogens with zero attached hydrogens (tertiary/aromatic N) is 3. The molecule has 2 unspecified atom stereocenters. The Balaban J connectivity index is 1.14. The van der Waals surface area contributed by atoms with Crippen molar-refractivity contribution in [3.05, 3.63) is 52.9 Å². The number of thiazole rings is 1. The van der Waals surface area contributed by atoms with Gasteiger partial charge in [-0.05, 0) is 68.9 Å². The first-order chi connectivity index (χ1) is 18.8.